The Labute approximate surface area is 100 Å². The van der Waals surface area contributed by atoms with Crippen molar-refractivity contribution in [3.8, 4) is 0 Å². The Morgan fingerprint density at radius 3 is 2.71 bits per heavy atom. The van der Waals surface area contributed by atoms with Crippen LogP contribution in [0, 0.1) is 6.92 Å². The van der Waals surface area contributed by atoms with Gasteiger partial charge in [0.2, 0.25) is 10.0 Å². The van der Waals surface area contributed by atoms with Crippen molar-refractivity contribution in [2.45, 2.75) is 31.6 Å². The molecule has 1 aromatic rings. The second-order valence-electron chi connectivity index (χ2n) is 4.32. The largest absolute Gasteiger partial charge is 0.393 e. The monoisotopic (exact) mass is 260 g/mol. The normalized spacial score (nSPS) is 19.6. The Kier molecular flexibility index (Phi) is 3.50. The number of aryl methyl sites for hydroxylation is 1. The third-order valence-electron chi connectivity index (χ3n) is 2.82. The van der Waals surface area contributed by atoms with Gasteiger partial charge < -0.3 is 9.63 Å². The maximum Gasteiger partial charge on any atom is 0.219 e. The highest BCUT2D eigenvalue weighted by Gasteiger charge is 2.28. The van der Waals surface area contributed by atoms with Crippen molar-refractivity contribution in [1.29, 1.82) is 0 Å². The van der Waals surface area contributed by atoms with Crippen LogP contribution in [0.4, 0.5) is 0 Å². The summed E-state index contributed by atoms with van der Waals surface area (Å²) in [6.07, 6.45) is 0.615. The van der Waals surface area contributed by atoms with Gasteiger partial charge in [0.05, 0.1) is 6.10 Å². The lowest BCUT2D eigenvalue weighted by Crippen LogP contribution is -2.40. The summed E-state index contributed by atoms with van der Waals surface area (Å²) in [6.45, 7) is 2.47. The molecule has 0 spiro atoms. The van der Waals surface area contributed by atoms with Crippen LogP contribution in [0.5, 0.6) is 0 Å². The fourth-order valence-corrected chi connectivity index (χ4v) is 3.34. The Morgan fingerprint density at radius 1 is 1.53 bits per heavy atom. The molecule has 2 heterocycles. The van der Waals surface area contributed by atoms with Crippen LogP contribution in [0.15, 0.2) is 10.6 Å². The number of hydrogen-bond donors (Lipinski definition) is 1. The molecule has 1 saturated heterocycles. The summed E-state index contributed by atoms with van der Waals surface area (Å²) >= 11 is 0. The summed E-state index contributed by atoms with van der Waals surface area (Å²) in [4.78, 5) is 0. The maximum absolute atomic E-state index is 12.0. The first-order chi connectivity index (χ1) is 7.97. The SMILES string of the molecule is Cc1cc(CS(=O)(=O)N2CCC(O)CC2)no1. The van der Waals surface area contributed by atoms with Gasteiger partial charge in [-0.05, 0) is 19.8 Å². The first-order valence-corrected chi connectivity index (χ1v) is 7.16. The van der Waals surface area contributed by atoms with Gasteiger partial charge in [-0.15, -0.1) is 0 Å². The van der Waals surface area contributed by atoms with Crippen LogP contribution in [0.25, 0.3) is 0 Å². The molecule has 1 fully saturated rings. The molecule has 1 aromatic heterocycles. The zero-order chi connectivity index (χ0) is 12.5. The van der Waals surface area contributed by atoms with E-state index >= 15 is 0 Å². The van der Waals surface area contributed by atoms with Crippen molar-refractivity contribution < 1.29 is 18.0 Å². The predicted molar refractivity (Wildman–Crippen MR) is 60.7 cm³/mol. The summed E-state index contributed by atoms with van der Waals surface area (Å²) in [7, 11) is -3.35. The lowest BCUT2D eigenvalue weighted by Gasteiger charge is -2.28. The quantitative estimate of drug-likeness (QED) is 0.843. The highest BCUT2D eigenvalue weighted by molar-refractivity contribution is 7.88. The zero-order valence-electron chi connectivity index (χ0n) is 9.66. The lowest BCUT2D eigenvalue weighted by atomic mass is 10.1. The first-order valence-electron chi connectivity index (χ1n) is 5.55. The molecule has 0 aliphatic carbocycles. The number of aromatic nitrogens is 1. The van der Waals surface area contributed by atoms with Crippen molar-refractivity contribution in [2.75, 3.05) is 13.1 Å². The minimum Gasteiger partial charge on any atom is -0.393 e. The van der Waals surface area contributed by atoms with Crippen molar-refractivity contribution in [1.82, 2.24) is 9.46 Å². The summed E-state index contributed by atoms with van der Waals surface area (Å²) in [6, 6.07) is 1.62. The Morgan fingerprint density at radius 2 is 2.18 bits per heavy atom. The van der Waals surface area contributed by atoms with Gasteiger partial charge in [-0.25, -0.2) is 12.7 Å². The number of hydrogen-bond acceptors (Lipinski definition) is 5. The molecule has 6 nitrogen and oxygen atoms in total. The summed E-state index contributed by atoms with van der Waals surface area (Å²) in [5.41, 5.74) is 0.425. The standard InChI is InChI=1S/C10H16N2O4S/c1-8-6-9(11-16-8)7-17(14,15)12-4-2-10(13)3-5-12/h6,10,13H,2-5,7H2,1H3. The average molecular weight is 260 g/mol. The van der Waals surface area contributed by atoms with Crippen LogP contribution < -0.4 is 0 Å². The van der Waals surface area contributed by atoms with E-state index in [1.54, 1.807) is 13.0 Å². The topological polar surface area (TPSA) is 83.6 Å². The molecular formula is C10H16N2O4S. The van der Waals surface area contributed by atoms with Crippen LogP contribution in [0.2, 0.25) is 0 Å². The van der Waals surface area contributed by atoms with E-state index in [1.165, 1.54) is 4.31 Å². The molecular weight excluding hydrogens is 244 g/mol. The molecule has 7 heteroatoms. The number of sulfonamides is 1. The van der Waals surface area contributed by atoms with Crippen LogP contribution in [-0.2, 0) is 15.8 Å². The molecule has 0 bridgehead atoms. The van der Waals surface area contributed by atoms with E-state index in [0.717, 1.165) is 0 Å². The number of aliphatic hydroxyl groups is 1. The van der Waals surface area contributed by atoms with Crippen LogP contribution in [-0.4, -0.2) is 42.2 Å². The van der Waals surface area contributed by atoms with Crippen molar-refractivity contribution in [3.63, 3.8) is 0 Å². The molecule has 1 N–H and O–H groups in total. The van der Waals surface area contributed by atoms with Gasteiger partial charge in [0.15, 0.2) is 0 Å². The van der Waals surface area contributed by atoms with Crippen molar-refractivity contribution >= 4 is 10.0 Å². The van der Waals surface area contributed by atoms with Crippen LogP contribution >= 0.6 is 0 Å². The van der Waals surface area contributed by atoms with E-state index in [9.17, 15) is 13.5 Å². The molecule has 0 saturated carbocycles. The molecule has 1 aliphatic heterocycles. The van der Waals surface area contributed by atoms with Crippen molar-refractivity contribution in [2.24, 2.45) is 0 Å². The summed E-state index contributed by atoms with van der Waals surface area (Å²) in [5.74, 6) is 0.463. The summed E-state index contributed by atoms with van der Waals surface area (Å²) in [5, 5.41) is 13.0. The lowest BCUT2D eigenvalue weighted by molar-refractivity contribution is 0.113. The third kappa shape index (κ3) is 3.05. The molecule has 0 radical (unpaired) electrons. The molecule has 0 atom stereocenters. The number of aliphatic hydroxyl groups excluding tert-OH is 1. The average Bonchev–Trinajstić information content (AvgIpc) is 2.63. The molecule has 0 unspecified atom stereocenters. The predicted octanol–water partition coefficient (Wildman–Crippen LogP) is 0.270. The van der Waals surface area contributed by atoms with Crippen LogP contribution in [0.1, 0.15) is 24.3 Å². The number of nitrogens with zero attached hydrogens (tertiary/aromatic N) is 2. The Bertz CT molecular complexity index is 474. The van der Waals surface area contributed by atoms with Gasteiger partial charge in [0.25, 0.3) is 0 Å². The zero-order valence-corrected chi connectivity index (χ0v) is 10.5. The third-order valence-corrected chi connectivity index (χ3v) is 4.64. The number of rotatable bonds is 3. The highest BCUT2D eigenvalue weighted by Crippen LogP contribution is 2.17. The Hall–Kier alpha value is -0.920. The van der Waals surface area contributed by atoms with Gasteiger partial charge in [0, 0.05) is 19.2 Å². The molecule has 0 aromatic carbocycles. The minimum atomic E-state index is -3.35. The Balaban J connectivity index is 2.04. The van der Waals surface area contributed by atoms with Gasteiger partial charge in [-0.1, -0.05) is 5.16 Å². The van der Waals surface area contributed by atoms with E-state index in [4.69, 9.17) is 4.52 Å². The highest BCUT2D eigenvalue weighted by atomic mass is 32.2. The number of piperidine rings is 1. The second kappa shape index (κ2) is 4.75. The summed E-state index contributed by atoms with van der Waals surface area (Å²) < 4.78 is 30.3. The molecule has 96 valence electrons. The fourth-order valence-electron chi connectivity index (χ4n) is 1.88. The molecule has 1 aliphatic rings. The van der Waals surface area contributed by atoms with Crippen molar-refractivity contribution in [3.05, 3.63) is 17.5 Å². The fraction of sp³-hybridized carbons (Fsp3) is 0.700. The van der Waals surface area contributed by atoms with E-state index < -0.39 is 10.0 Å². The van der Waals surface area contributed by atoms with Gasteiger partial charge in [-0.2, -0.15) is 0 Å². The second-order valence-corrected chi connectivity index (χ2v) is 6.28. The molecule has 2 rings (SSSR count). The maximum atomic E-state index is 12.0. The van der Waals surface area contributed by atoms with Gasteiger partial charge in [-0.3, -0.25) is 0 Å². The van der Waals surface area contributed by atoms with Gasteiger partial charge in [0.1, 0.15) is 17.2 Å². The van der Waals surface area contributed by atoms with E-state index in [1.807, 2.05) is 0 Å². The van der Waals surface area contributed by atoms with E-state index in [2.05, 4.69) is 5.16 Å². The minimum absolute atomic E-state index is 0.138. The van der Waals surface area contributed by atoms with E-state index in [-0.39, 0.29) is 11.9 Å². The smallest absolute Gasteiger partial charge is 0.219 e. The van der Waals surface area contributed by atoms with Gasteiger partial charge >= 0.3 is 0 Å². The molecule has 0 amide bonds. The van der Waals surface area contributed by atoms with Crippen LogP contribution in [0.3, 0.4) is 0 Å². The van der Waals surface area contributed by atoms with E-state index in [0.29, 0.717) is 37.4 Å². The first kappa shape index (κ1) is 12.5. The molecule has 17 heavy (non-hydrogen) atoms.